The van der Waals surface area contributed by atoms with Crippen molar-refractivity contribution in [1.82, 2.24) is 9.80 Å². The van der Waals surface area contributed by atoms with Crippen molar-refractivity contribution in [3.05, 3.63) is 35.6 Å². The van der Waals surface area contributed by atoms with E-state index in [4.69, 9.17) is 0 Å². The third-order valence-electron chi connectivity index (χ3n) is 4.01. The van der Waals surface area contributed by atoms with Crippen molar-refractivity contribution < 1.29 is 14.3 Å². The van der Waals surface area contributed by atoms with E-state index in [1.165, 1.54) is 12.1 Å². The molecule has 1 aliphatic heterocycles. The average molecular weight is 280 g/mol. The largest absolute Gasteiger partial charge is 0.387 e. The molecule has 110 valence electrons. The van der Waals surface area contributed by atoms with Gasteiger partial charge in [-0.05, 0) is 31.5 Å². The highest BCUT2D eigenvalue weighted by Crippen LogP contribution is 2.25. The van der Waals surface area contributed by atoms with Crippen molar-refractivity contribution in [1.29, 1.82) is 0 Å². The van der Waals surface area contributed by atoms with Crippen molar-refractivity contribution in [3.8, 4) is 0 Å². The number of nitrogens with zero attached hydrogens (tertiary/aromatic N) is 2. The normalized spacial score (nSPS) is 21.1. The fraction of sp³-hybridized carbons (Fsp3) is 0.533. The third kappa shape index (κ3) is 2.83. The van der Waals surface area contributed by atoms with Gasteiger partial charge in [0.1, 0.15) is 5.82 Å². The molecule has 0 spiro atoms. The van der Waals surface area contributed by atoms with Gasteiger partial charge in [0.2, 0.25) is 5.91 Å². The molecule has 1 aliphatic rings. The van der Waals surface area contributed by atoms with Gasteiger partial charge >= 0.3 is 0 Å². The first kappa shape index (κ1) is 14.9. The van der Waals surface area contributed by atoms with Gasteiger partial charge in [-0.3, -0.25) is 9.69 Å². The Morgan fingerprint density at radius 2 is 1.90 bits per heavy atom. The number of likely N-dealkylation sites (N-methyl/N-ethyl adjacent to an activating group) is 1. The summed E-state index contributed by atoms with van der Waals surface area (Å²) in [4.78, 5) is 15.9. The van der Waals surface area contributed by atoms with Crippen LogP contribution < -0.4 is 0 Å². The highest BCUT2D eigenvalue weighted by atomic mass is 19.1. The average Bonchev–Trinajstić information content (AvgIpc) is 2.40. The number of halogens is 1. The first-order valence-electron chi connectivity index (χ1n) is 6.76. The number of aliphatic hydroxyl groups is 1. The number of β-amino-alcohol motifs (C(OH)–C–C–N with tert-alkyl or cyclic N) is 1. The van der Waals surface area contributed by atoms with Crippen LogP contribution in [0.1, 0.15) is 25.5 Å². The second-order valence-electron chi connectivity index (χ2n) is 5.80. The minimum atomic E-state index is -0.730. The lowest BCUT2D eigenvalue weighted by Crippen LogP contribution is -2.62. The fourth-order valence-corrected chi connectivity index (χ4v) is 2.57. The smallest absolute Gasteiger partial charge is 0.242 e. The zero-order valence-electron chi connectivity index (χ0n) is 12.1. The Balaban J connectivity index is 2.09. The van der Waals surface area contributed by atoms with Crippen LogP contribution >= 0.6 is 0 Å². The van der Waals surface area contributed by atoms with Crippen LogP contribution in [0.5, 0.6) is 0 Å². The molecule has 5 heteroatoms. The predicted octanol–water partition coefficient (Wildman–Crippen LogP) is 1.41. The molecule has 2 rings (SSSR count). The minimum Gasteiger partial charge on any atom is -0.387 e. The van der Waals surface area contributed by atoms with E-state index in [-0.39, 0.29) is 11.7 Å². The van der Waals surface area contributed by atoms with Crippen LogP contribution in [0.3, 0.4) is 0 Å². The number of amides is 1. The van der Waals surface area contributed by atoms with E-state index in [1.807, 2.05) is 18.7 Å². The van der Waals surface area contributed by atoms with E-state index >= 15 is 0 Å². The van der Waals surface area contributed by atoms with E-state index in [9.17, 15) is 14.3 Å². The Hall–Kier alpha value is -1.46. The third-order valence-corrected chi connectivity index (χ3v) is 4.01. The fourth-order valence-electron chi connectivity index (χ4n) is 2.57. The Bertz CT molecular complexity index is 487. The Morgan fingerprint density at radius 3 is 2.50 bits per heavy atom. The molecule has 0 radical (unpaired) electrons. The van der Waals surface area contributed by atoms with Gasteiger partial charge in [0.05, 0.1) is 11.6 Å². The van der Waals surface area contributed by atoms with Gasteiger partial charge in [0.25, 0.3) is 0 Å². The van der Waals surface area contributed by atoms with Crippen molar-refractivity contribution >= 4 is 5.91 Å². The molecule has 20 heavy (non-hydrogen) atoms. The molecule has 0 aliphatic carbocycles. The number of piperazine rings is 1. The molecule has 1 heterocycles. The zero-order valence-corrected chi connectivity index (χ0v) is 12.1. The van der Waals surface area contributed by atoms with E-state index in [0.717, 1.165) is 0 Å². The SMILES string of the molecule is CN1CCN(CC(O)c2ccc(F)cc2)C(C)(C)C1=O. The van der Waals surface area contributed by atoms with Crippen LogP contribution in [0, 0.1) is 5.82 Å². The molecule has 4 nitrogen and oxygen atoms in total. The number of rotatable bonds is 3. The summed E-state index contributed by atoms with van der Waals surface area (Å²) in [6.07, 6.45) is -0.730. The minimum absolute atomic E-state index is 0.0510. The van der Waals surface area contributed by atoms with Gasteiger partial charge in [0.15, 0.2) is 0 Å². The quantitative estimate of drug-likeness (QED) is 0.910. The van der Waals surface area contributed by atoms with Crippen LogP contribution in [-0.4, -0.2) is 53.0 Å². The van der Waals surface area contributed by atoms with Crippen molar-refractivity contribution in [2.75, 3.05) is 26.7 Å². The second-order valence-corrected chi connectivity index (χ2v) is 5.80. The zero-order chi connectivity index (χ0) is 14.9. The van der Waals surface area contributed by atoms with Gasteiger partial charge < -0.3 is 10.0 Å². The summed E-state index contributed by atoms with van der Waals surface area (Å²) < 4.78 is 12.9. The van der Waals surface area contributed by atoms with Crippen molar-refractivity contribution in [2.24, 2.45) is 0 Å². The first-order valence-corrected chi connectivity index (χ1v) is 6.76. The van der Waals surface area contributed by atoms with Gasteiger partial charge in [-0.25, -0.2) is 4.39 Å². The second kappa shape index (κ2) is 5.50. The summed E-state index contributed by atoms with van der Waals surface area (Å²) in [5.41, 5.74) is 0.0298. The summed E-state index contributed by atoms with van der Waals surface area (Å²) in [5.74, 6) is -0.272. The van der Waals surface area contributed by atoms with Crippen LogP contribution in [0.15, 0.2) is 24.3 Å². The molecular weight excluding hydrogens is 259 g/mol. The summed E-state index contributed by atoms with van der Waals surface area (Å²) >= 11 is 0. The molecule has 0 aromatic heterocycles. The maximum Gasteiger partial charge on any atom is 0.242 e. The maximum atomic E-state index is 12.9. The van der Waals surface area contributed by atoms with E-state index in [2.05, 4.69) is 0 Å². The molecule has 0 bridgehead atoms. The molecule has 1 fully saturated rings. The lowest BCUT2D eigenvalue weighted by Gasteiger charge is -2.45. The van der Waals surface area contributed by atoms with Gasteiger partial charge in [0, 0.05) is 26.7 Å². The molecule has 1 saturated heterocycles. The lowest BCUT2D eigenvalue weighted by molar-refractivity contribution is -0.148. The van der Waals surface area contributed by atoms with Crippen LogP contribution in [-0.2, 0) is 4.79 Å². The van der Waals surface area contributed by atoms with E-state index in [1.54, 1.807) is 24.1 Å². The first-order chi connectivity index (χ1) is 9.32. The van der Waals surface area contributed by atoms with Crippen LogP contribution in [0.25, 0.3) is 0 Å². The Labute approximate surface area is 118 Å². The van der Waals surface area contributed by atoms with Gasteiger partial charge in [-0.15, -0.1) is 0 Å². The summed E-state index contributed by atoms with van der Waals surface area (Å²) in [5, 5.41) is 10.3. The number of carbonyl (C=O) groups is 1. The van der Waals surface area contributed by atoms with Gasteiger partial charge in [-0.1, -0.05) is 12.1 Å². The Kier molecular flexibility index (Phi) is 4.11. The number of aliphatic hydroxyl groups excluding tert-OH is 1. The number of carbonyl (C=O) groups excluding carboxylic acids is 1. The summed E-state index contributed by atoms with van der Waals surface area (Å²) in [6.45, 7) is 5.45. The Morgan fingerprint density at radius 1 is 1.30 bits per heavy atom. The highest BCUT2D eigenvalue weighted by molar-refractivity contribution is 5.86. The molecule has 1 amide bonds. The molecule has 1 N–H and O–H groups in total. The molecular formula is C15H21FN2O2. The molecule has 0 saturated carbocycles. The lowest BCUT2D eigenvalue weighted by atomic mass is 9.96. The summed E-state index contributed by atoms with van der Waals surface area (Å²) in [7, 11) is 1.79. The predicted molar refractivity (Wildman–Crippen MR) is 74.6 cm³/mol. The van der Waals surface area contributed by atoms with E-state index < -0.39 is 11.6 Å². The molecule has 1 aromatic carbocycles. The number of benzene rings is 1. The van der Waals surface area contributed by atoms with Crippen molar-refractivity contribution in [3.63, 3.8) is 0 Å². The molecule has 1 aromatic rings. The molecule has 1 unspecified atom stereocenters. The number of hydrogen-bond acceptors (Lipinski definition) is 3. The topological polar surface area (TPSA) is 43.8 Å². The number of hydrogen-bond donors (Lipinski definition) is 1. The highest BCUT2D eigenvalue weighted by Gasteiger charge is 2.40. The van der Waals surface area contributed by atoms with Crippen molar-refractivity contribution in [2.45, 2.75) is 25.5 Å². The van der Waals surface area contributed by atoms with E-state index in [0.29, 0.717) is 25.2 Å². The standard InChI is InChI=1S/C15H21FN2O2/c1-15(2)14(20)17(3)8-9-18(15)10-13(19)11-4-6-12(16)7-5-11/h4-7,13,19H,8-10H2,1-3H3. The van der Waals surface area contributed by atoms with Gasteiger partial charge in [-0.2, -0.15) is 0 Å². The van der Waals surface area contributed by atoms with Crippen LogP contribution in [0.2, 0.25) is 0 Å². The maximum absolute atomic E-state index is 12.9. The monoisotopic (exact) mass is 280 g/mol. The summed E-state index contributed by atoms with van der Waals surface area (Å²) in [6, 6.07) is 5.81. The van der Waals surface area contributed by atoms with Crippen LogP contribution in [0.4, 0.5) is 4.39 Å². The molecule has 1 atom stereocenters.